The maximum atomic E-state index is 11.6. The van der Waals surface area contributed by atoms with Crippen LogP contribution in [0.4, 0.5) is 0 Å². The van der Waals surface area contributed by atoms with Crippen molar-refractivity contribution in [2.45, 2.75) is 46.2 Å². The Labute approximate surface area is 131 Å². The number of hydrogen-bond acceptors (Lipinski definition) is 4. The first-order valence-corrected chi connectivity index (χ1v) is 7.49. The molecule has 0 bridgehead atoms. The zero-order valence-corrected chi connectivity index (χ0v) is 13.2. The Morgan fingerprint density at radius 3 is 1.52 bits per heavy atom. The van der Waals surface area contributed by atoms with E-state index < -0.39 is 11.4 Å². The van der Waals surface area contributed by atoms with Crippen molar-refractivity contribution in [1.82, 2.24) is 19.1 Å². The van der Waals surface area contributed by atoms with Gasteiger partial charge in [0.1, 0.15) is 0 Å². The number of nitrogens with zero attached hydrogens (tertiary/aromatic N) is 2. The molecule has 0 fully saturated rings. The molecule has 0 aliphatic heterocycles. The molecule has 2 aromatic rings. The predicted octanol–water partition coefficient (Wildman–Crippen LogP) is -0.126. The second-order valence-electron chi connectivity index (χ2n) is 5.59. The highest BCUT2D eigenvalue weighted by Gasteiger charge is 2.02. The molecule has 0 spiro atoms. The molecule has 0 unspecified atom stereocenters. The number of aromatic amines is 2. The molecule has 124 valence electrons. The first-order valence-electron chi connectivity index (χ1n) is 7.49. The number of aryl methyl sites for hydroxylation is 4. The number of aromatic nitrogens is 4. The Kier molecular flexibility index (Phi) is 5.15. The second-order valence-corrected chi connectivity index (χ2v) is 5.59. The van der Waals surface area contributed by atoms with Crippen LogP contribution in [0.1, 0.15) is 30.4 Å². The largest absolute Gasteiger partial charge is 0.328 e. The lowest BCUT2D eigenvalue weighted by Crippen LogP contribution is -2.31. The van der Waals surface area contributed by atoms with Gasteiger partial charge in [-0.1, -0.05) is 0 Å². The fraction of sp³-hybridized carbons (Fsp3) is 0.467. The lowest BCUT2D eigenvalue weighted by atomic mass is 10.2. The molecule has 23 heavy (non-hydrogen) atoms. The van der Waals surface area contributed by atoms with Crippen molar-refractivity contribution in [3.05, 3.63) is 65.2 Å². The number of H-pyrrole nitrogens is 2. The predicted molar refractivity (Wildman–Crippen MR) is 86.0 cm³/mol. The highest BCUT2D eigenvalue weighted by molar-refractivity contribution is 5.01. The van der Waals surface area contributed by atoms with Crippen molar-refractivity contribution in [1.29, 1.82) is 0 Å². The Hall–Kier alpha value is -2.64. The van der Waals surface area contributed by atoms with Crippen LogP contribution in [0.15, 0.2) is 31.6 Å². The van der Waals surface area contributed by atoms with E-state index in [1.165, 1.54) is 9.13 Å². The summed E-state index contributed by atoms with van der Waals surface area (Å²) >= 11 is 0. The van der Waals surface area contributed by atoms with E-state index in [-0.39, 0.29) is 11.1 Å². The van der Waals surface area contributed by atoms with E-state index in [2.05, 4.69) is 9.97 Å². The molecule has 0 amide bonds. The van der Waals surface area contributed by atoms with Gasteiger partial charge in [0.15, 0.2) is 0 Å². The van der Waals surface area contributed by atoms with Crippen LogP contribution in [0.25, 0.3) is 0 Å². The SMILES string of the molecule is Cc1cn(CCCCCn2cc(C)c(=O)[nH]c2=O)c(=O)[nH]c1=O. The van der Waals surface area contributed by atoms with E-state index in [4.69, 9.17) is 0 Å². The average Bonchev–Trinajstić information content (AvgIpc) is 2.49. The second kappa shape index (κ2) is 7.08. The summed E-state index contributed by atoms with van der Waals surface area (Å²) in [6.07, 6.45) is 5.42. The van der Waals surface area contributed by atoms with Gasteiger partial charge in [-0.25, -0.2) is 9.59 Å². The van der Waals surface area contributed by atoms with Crippen molar-refractivity contribution < 1.29 is 0 Å². The van der Waals surface area contributed by atoms with Gasteiger partial charge in [-0.05, 0) is 33.1 Å². The quantitative estimate of drug-likeness (QED) is 0.723. The van der Waals surface area contributed by atoms with Crippen molar-refractivity contribution in [3.8, 4) is 0 Å². The van der Waals surface area contributed by atoms with Gasteiger partial charge in [0.25, 0.3) is 11.1 Å². The highest BCUT2D eigenvalue weighted by Crippen LogP contribution is 2.00. The van der Waals surface area contributed by atoms with Gasteiger partial charge >= 0.3 is 11.4 Å². The maximum Gasteiger partial charge on any atom is 0.328 e. The van der Waals surface area contributed by atoms with E-state index in [1.807, 2.05) is 0 Å². The Morgan fingerprint density at radius 2 is 1.13 bits per heavy atom. The van der Waals surface area contributed by atoms with Crippen molar-refractivity contribution >= 4 is 0 Å². The van der Waals surface area contributed by atoms with E-state index in [0.717, 1.165) is 19.3 Å². The fourth-order valence-electron chi connectivity index (χ4n) is 2.31. The molecule has 0 saturated carbocycles. The third-order valence-corrected chi connectivity index (χ3v) is 3.68. The molecule has 2 rings (SSSR count). The minimum absolute atomic E-state index is 0.362. The van der Waals surface area contributed by atoms with E-state index in [9.17, 15) is 19.2 Å². The monoisotopic (exact) mass is 320 g/mol. The summed E-state index contributed by atoms with van der Waals surface area (Å²) in [6.45, 7) is 4.32. The number of rotatable bonds is 6. The van der Waals surface area contributed by atoms with Crippen LogP contribution in [-0.2, 0) is 13.1 Å². The van der Waals surface area contributed by atoms with Crippen LogP contribution >= 0.6 is 0 Å². The van der Waals surface area contributed by atoms with Crippen molar-refractivity contribution in [3.63, 3.8) is 0 Å². The lowest BCUT2D eigenvalue weighted by Gasteiger charge is -2.07. The van der Waals surface area contributed by atoms with Gasteiger partial charge in [-0.2, -0.15) is 0 Å². The molecule has 0 radical (unpaired) electrons. The number of nitrogens with one attached hydrogen (secondary N) is 2. The van der Waals surface area contributed by atoms with Gasteiger partial charge in [0.05, 0.1) is 0 Å². The van der Waals surface area contributed by atoms with Crippen LogP contribution in [0.5, 0.6) is 0 Å². The maximum absolute atomic E-state index is 11.6. The summed E-state index contributed by atoms with van der Waals surface area (Å²) in [4.78, 5) is 50.3. The Bertz CT molecular complexity index is 841. The van der Waals surface area contributed by atoms with E-state index in [1.54, 1.807) is 26.2 Å². The lowest BCUT2D eigenvalue weighted by molar-refractivity contribution is 0.520. The Balaban J connectivity index is 1.87. The van der Waals surface area contributed by atoms with Crippen molar-refractivity contribution in [2.75, 3.05) is 0 Å². The zero-order valence-electron chi connectivity index (χ0n) is 13.2. The topological polar surface area (TPSA) is 110 Å². The molecular formula is C15H20N4O4. The Morgan fingerprint density at radius 1 is 0.739 bits per heavy atom. The summed E-state index contributed by atoms with van der Waals surface area (Å²) in [5.74, 6) is 0. The normalized spacial score (nSPS) is 10.9. The molecule has 0 saturated heterocycles. The molecular weight excluding hydrogens is 300 g/mol. The molecule has 8 nitrogen and oxygen atoms in total. The van der Waals surface area contributed by atoms with Crippen LogP contribution in [-0.4, -0.2) is 19.1 Å². The minimum Gasteiger partial charge on any atom is -0.300 e. The van der Waals surface area contributed by atoms with Gasteiger partial charge in [0.2, 0.25) is 0 Å². The van der Waals surface area contributed by atoms with Crippen LogP contribution in [0.2, 0.25) is 0 Å². The van der Waals surface area contributed by atoms with Gasteiger partial charge in [-0.3, -0.25) is 19.6 Å². The smallest absolute Gasteiger partial charge is 0.300 e. The number of hydrogen-bond donors (Lipinski definition) is 2. The van der Waals surface area contributed by atoms with Gasteiger partial charge in [0, 0.05) is 36.6 Å². The molecule has 2 N–H and O–H groups in total. The van der Waals surface area contributed by atoms with E-state index in [0.29, 0.717) is 24.2 Å². The summed E-state index contributed by atoms with van der Waals surface area (Å²) < 4.78 is 2.96. The van der Waals surface area contributed by atoms with Gasteiger partial charge in [-0.15, -0.1) is 0 Å². The summed E-state index contributed by atoms with van der Waals surface area (Å²) in [7, 11) is 0. The first kappa shape index (κ1) is 16.7. The zero-order chi connectivity index (χ0) is 17.0. The standard InChI is InChI=1S/C15H20N4O4/c1-10-8-18(14(22)16-12(10)20)6-4-3-5-7-19-9-11(2)13(21)17-15(19)23/h8-9H,3-7H2,1-2H3,(H,16,20,22)(H,17,21,23). The summed E-state index contributed by atoms with van der Waals surface area (Å²) in [6, 6.07) is 0. The molecule has 0 atom stereocenters. The molecule has 0 aliphatic carbocycles. The molecule has 2 aromatic heterocycles. The van der Waals surface area contributed by atoms with Gasteiger partial charge < -0.3 is 9.13 Å². The molecule has 0 aliphatic rings. The minimum atomic E-state index is -0.409. The molecule has 0 aromatic carbocycles. The highest BCUT2D eigenvalue weighted by atomic mass is 16.2. The van der Waals surface area contributed by atoms with E-state index >= 15 is 0 Å². The van der Waals surface area contributed by atoms with Crippen LogP contribution in [0.3, 0.4) is 0 Å². The average molecular weight is 320 g/mol. The van der Waals surface area contributed by atoms with Crippen LogP contribution < -0.4 is 22.5 Å². The van der Waals surface area contributed by atoms with Crippen molar-refractivity contribution in [2.24, 2.45) is 0 Å². The molecule has 2 heterocycles. The summed E-state index contributed by atoms with van der Waals surface area (Å²) in [5, 5.41) is 0. The third-order valence-electron chi connectivity index (χ3n) is 3.68. The first-order chi connectivity index (χ1) is 10.9. The van der Waals surface area contributed by atoms with Crippen LogP contribution in [0, 0.1) is 13.8 Å². The third kappa shape index (κ3) is 4.18. The molecule has 8 heteroatoms. The fourth-order valence-corrected chi connectivity index (χ4v) is 2.31. The number of unbranched alkanes of at least 4 members (excludes halogenated alkanes) is 2. The summed E-state index contributed by atoms with van der Waals surface area (Å²) in [5.41, 5.74) is -0.543.